The highest BCUT2D eigenvalue weighted by atomic mass is 19.1. The summed E-state index contributed by atoms with van der Waals surface area (Å²) in [6, 6.07) is 16.3. The molecule has 0 unspecified atom stereocenters. The van der Waals surface area contributed by atoms with E-state index in [0.717, 1.165) is 17.7 Å². The molecule has 0 atom stereocenters. The molecule has 0 spiro atoms. The van der Waals surface area contributed by atoms with Gasteiger partial charge < -0.3 is 10.2 Å². The van der Waals surface area contributed by atoms with Crippen molar-refractivity contribution < 1.29 is 13.6 Å². The molecule has 0 saturated heterocycles. The molecule has 1 amide bonds. The van der Waals surface area contributed by atoms with Gasteiger partial charge in [0.15, 0.2) is 11.5 Å². The lowest BCUT2D eigenvalue weighted by Crippen LogP contribution is -2.20. The molecular weight excluding hydrogens is 338 g/mol. The molecule has 26 heavy (non-hydrogen) atoms. The minimum absolute atomic E-state index is 0.0375. The molecule has 2 aromatic carbocycles. The third-order valence-electron chi connectivity index (χ3n) is 3.74. The van der Waals surface area contributed by atoms with Crippen LogP contribution in [0.4, 0.5) is 20.3 Å². The van der Waals surface area contributed by atoms with Crippen LogP contribution in [0.3, 0.4) is 0 Å². The average Bonchev–Trinajstić information content (AvgIpc) is 2.65. The summed E-state index contributed by atoms with van der Waals surface area (Å²) in [6.45, 7) is 0.626. The highest BCUT2D eigenvalue weighted by Gasteiger charge is 2.15. The van der Waals surface area contributed by atoms with Gasteiger partial charge in [-0.1, -0.05) is 36.4 Å². The standard InChI is InChI=1S/C19H16F2N4O/c1-25(12-13-6-3-2-4-7-13)17-11-10-16(23-24-17)19(26)22-18-14(20)8-5-9-15(18)21/h2-11H,12H2,1H3,(H,22,26). The number of carbonyl (C=O) groups excluding carboxylic acids is 1. The molecule has 0 bridgehead atoms. The predicted octanol–water partition coefficient (Wildman–Crippen LogP) is 3.64. The molecule has 3 rings (SSSR count). The highest BCUT2D eigenvalue weighted by molar-refractivity contribution is 6.02. The number of nitrogens with one attached hydrogen (secondary N) is 1. The van der Waals surface area contributed by atoms with Crippen LogP contribution in [-0.4, -0.2) is 23.2 Å². The van der Waals surface area contributed by atoms with Crippen LogP contribution in [-0.2, 0) is 6.54 Å². The van der Waals surface area contributed by atoms with E-state index in [1.807, 2.05) is 42.3 Å². The Morgan fingerprint density at radius 2 is 1.65 bits per heavy atom. The second-order valence-corrected chi connectivity index (χ2v) is 5.67. The second kappa shape index (κ2) is 7.69. The lowest BCUT2D eigenvalue weighted by atomic mass is 10.2. The molecule has 0 aliphatic heterocycles. The topological polar surface area (TPSA) is 58.1 Å². The molecular formula is C19H16F2N4O. The van der Waals surface area contributed by atoms with E-state index in [1.165, 1.54) is 12.1 Å². The van der Waals surface area contributed by atoms with E-state index in [9.17, 15) is 13.6 Å². The van der Waals surface area contributed by atoms with Crippen molar-refractivity contribution in [3.63, 3.8) is 0 Å². The lowest BCUT2D eigenvalue weighted by molar-refractivity contribution is 0.102. The van der Waals surface area contributed by atoms with E-state index in [2.05, 4.69) is 15.5 Å². The molecule has 0 saturated carbocycles. The van der Waals surface area contributed by atoms with E-state index in [-0.39, 0.29) is 5.69 Å². The summed E-state index contributed by atoms with van der Waals surface area (Å²) in [7, 11) is 1.85. The van der Waals surface area contributed by atoms with Crippen LogP contribution < -0.4 is 10.2 Å². The van der Waals surface area contributed by atoms with Gasteiger partial charge >= 0.3 is 0 Å². The van der Waals surface area contributed by atoms with Crippen LogP contribution in [0, 0.1) is 11.6 Å². The van der Waals surface area contributed by atoms with Gasteiger partial charge in [0.2, 0.25) is 0 Å². The summed E-state index contributed by atoms with van der Waals surface area (Å²) in [4.78, 5) is 14.0. The Hall–Kier alpha value is -3.35. The average molecular weight is 354 g/mol. The number of para-hydroxylation sites is 1. The molecule has 1 aromatic heterocycles. The summed E-state index contributed by atoms with van der Waals surface area (Å²) in [5.74, 6) is -1.88. The summed E-state index contributed by atoms with van der Waals surface area (Å²) < 4.78 is 27.2. The molecule has 7 heteroatoms. The Balaban J connectivity index is 1.70. The van der Waals surface area contributed by atoms with Crippen molar-refractivity contribution in [2.45, 2.75) is 6.54 Å². The normalized spacial score (nSPS) is 10.4. The van der Waals surface area contributed by atoms with Crippen molar-refractivity contribution in [1.29, 1.82) is 0 Å². The number of nitrogens with zero attached hydrogens (tertiary/aromatic N) is 3. The largest absolute Gasteiger partial charge is 0.354 e. The van der Waals surface area contributed by atoms with Gasteiger partial charge in [0.1, 0.15) is 17.3 Å². The van der Waals surface area contributed by atoms with E-state index < -0.39 is 23.2 Å². The van der Waals surface area contributed by atoms with E-state index >= 15 is 0 Å². The zero-order valence-corrected chi connectivity index (χ0v) is 14.0. The van der Waals surface area contributed by atoms with Crippen LogP contribution in [0.25, 0.3) is 0 Å². The number of rotatable bonds is 5. The van der Waals surface area contributed by atoms with E-state index in [4.69, 9.17) is 0 Å². The van der Waals surface area contributed by atoms with Gasteiger partial charge in [0.05, 0.1) is 0 Å². The Kier molecular flexibility index (Phi) is 5.17. The molecule has 0 radical (unpaired) electrons. The van der Waals surface area contributed by atoms with Gasteiger partial charge in [-0.15, -0.1) is 10.2 Å². The van der Waals surface area contributed by atoms with E-state index in [1.54, 1.807) is 6.07 Å². The molecule has 3 aromatic rings. The molecule has 0 aliphatic carbocycles. The van der Waals surface area contributed by atoms with Crippen molar-refractivity contribution >= 4 is 17.4 Å². The predicted molar refractivity (Wildman–Crippen MR) is 94.9 cm³/mol. The Morgan fingerprint density at radius 1 is 0.962 bits per heavy atom. The molecule has 0 fully saturated rings. The van der Waals surface area contributed by atoms with Gasteiger partial charge in [-0.25, -0.2) is 8.78 Å². The first-order valence-electron chi connectivity index (χ1n) is 7.89. The number of hydrogen-bond donors (Lipinski definition) is 1. The first kappa shape index (κ1) is 17.5. The van der Waals surface area contributed by atoms with Crippen molar-refractivity contribution in [3.05, 3.63) is 83.6 Å². The van der Waals surface area contributed by atoms with Crippen LogP contribution in [0.15, 0.2) is 60.7 Å². The number of amides is 1. The highest BCUT2D eigenvalue weighted by Crippen LogP contribution is 2.19. The third kappa shape index (κ3) is 4.00. The van der Waals surface area contributed by atoms with Crippen molar-refractivity contribution in [1.82, 2.24) is 10.2 Å². The van der Waals surface area contributed by atoms with Crippen molar-refractivity contribution in [2.24, 2.45) is 0 Å². The number of anilines is 2. The van der Waals surface area contributed by atoms with Crippen LogP contribution in [0.1, 0.15) is 16.1 Å². The quantitative estimate of drug-likeness (QED) is 0.760. The first-order valence-corrected chi connectivity index (χ1v) is 7.89. The number of hydrogen-bond acceptors (Lipinski definition) is 4. The van der Waals surface area contributed by atoms with Crippen molar-refractivity contribution in [3.8, 4) is 0 Å². The number of aromatic nitrogens is 2. The maximum absolute atomic E-state index is 13.6. The number of benzene rings is 2. The summed E-state index contributed by atoms with van der Waals surface area (Å²) in [6.07, 6.45) is 0. The minimum atomic E-state index is -0.856. The van der Waals surface area contributed by atoms with Gasteiger partial charge in [0, 0.05) is 13.6 Å². The third-order valence-corrected chi connectivity index (χ3v) is 3.74. The Labute approximate surface area is 149 Å². The van der Waals surface area contributed by atoms with Crippen LogP contribution in [0.2, 0.25) is 0 Å². The van der Waals surface area contributed by atoms with Gasteiger partial charge in [-0.3, -0.25) is 4.79 Å². The number of carbonyl (C=O) groups is 1. The maximum atomic E-state index is 13.6. The zero-order chi connectivity index (χ0) is 18.5. The van der Waals surface area contributed by atoms with Crippen LogP contribution >= 0.6 is 0 Å². The molecule has 1 N–H and O–H groups in total. The Bertz CT molecular complexity index is 881. The fourth-order valence-corrected chi connectivity index (χ4v) is 2.38. The van der Waals surface area contributed by atoms with E-state index in [0.29, 0.717) is 12.4 Å². The first-order chi connectivity index (χ1) is 12.5. The summed E-state index contributed by atoms with van der Waals surface area (Å²) in [5, 5.41) is 10.0. The Morgan fingerprint density at radius 3 is 2.27 bits per heavy atom. The molecule has 5 nitrogen and oxygen atoms in total. The fourth-order valence-electron chi connectivity index (χ4n) is 2.38. The molecule has 132 valence electrons. The SMILES string of the molecule is CN(Cc1ccccc1)c1ccc(C(=O)Nc2c(F)cccc2F)nn1. The van der Waals surface area contributed by atoms with Crippen molar-refractivity contribution in [2.75, 3.05) is 17.3 Å². The maximum Gasteiger partial charge on any atom is 0.276 e. The van der Waals surface area contributed by atoms with Gasteiger partial charge in [0.25, 0.3) is 5.91 Å². The van der Waals surface area contributed by atoms with Gasteiger partial charge in [-0.05, 0) is 29.8 Å². The zero-order valence-electron chi connectivity index (χ0n) is 14.0. The van der Waals surface area contributed by atoms with Gasteiger partial charge in [-0.2, -0.15) is 0 Å². The minimum Gasteiger partial charge on any atom is -0.354 e. The summed E-state index contributed by atoms with van der Waals surface area (Å²) in [5.41, 5.74) is 0.558. The smallest absolute Gasteiger partial charge is 0.276 e. The van der Waals surface area contributed by atoms with Crippen LogP contribution in [0.5, 0.6) is 0 Å². The molecule has 0 aliphatic rings. The number of halogens is 2. The fraction of sp³-hybridized carbons (Fsp3) is 0.105. The molecule has 1 heterocycles. The monoisotopic (exact) mass is 354 g/mol. The summed E-state index contributed by atoms with van der Waals surface area (Å²) >= 11 is 0. The second-order valence-electron chi connectivity index (χ2n) is 5.67. The lowest BCUT2D eigenvalue weighted by Gasteiger charge is -2.17.